The molecule has 1 heterocycles. The van der Waals surface area contributed by atoms with E-state index in [2.05, 4.69) is 66.1 Å². The van der Waals surface area contributed by atoms with Crippen LogP contribution in [-0.2, 0) is 5.41 Å². The van der Waals surface area contributed by atoms with E-state index in [4.69, 9.17) is 4.98 Å². The number of aromatic nitrogens is 2. The summed E-state index contributed by atoms with van der Waals surface area (Å²) in [5.74, 6) is 1.75. The lowest BCUT2D eigenvalue weighted by molar-refractivity contribution is 0.539. The van der Waals surface area contributed by atoms with Crippen LogP contribution in [0, 0.1) is 0 Å². The quantitative estimate of drug-likeness (QED) is 0.763. The van der Waals surface area contributed by atoms with Gasteiger partial charge in [-0.25, -0.2) is 9.97 Å². The lowest BCUT2D eigenvalue weighted by Gasteiger charge is -2.18. The molecule has 0 spiro atoms. The molecule has 1 aromatic carbocycles. The van der Waals surface area contributed by atoms with Crippen LogP contribution in [0.15, 0.2) is 44.7 Å². The van der Waals surface area contributed by atoms with E-state index >= 15 is 0 Å². The first-order valence-electron chi connectivity index (χ1n) is 6.95. The van der Waals surface area contributed by atoms with Gasteiger partial charge in [0.15, 0.2) is 0 Å². The maximum Gasteiger partial charge on any atom is 0.137 e. The van der Waals surface area contributed by atoms with Crippen molar-refractivity contribution in [1.29, 1.82) is 0 Å². The zero-order chi connectivity index (χ0) is 15.5. The monoisotopic (exact) mass is 365 g/mol. The van der Waals surface area contributed by atoms with Crippen molar-refractivity contribution in [2.75, 3.05) is 11.9 Å². The van der Waals surface area contributed by atoms with Gasteiger partial charge in [-0.3, -0.25) is 0 Å². The topological polar surface area (TPSA) is 37.8 Å². The SMILES string of the molecule is CCNc1cc(Sc2ccc(Br)cc2)nc(C(C)(C)C)n1. The van der Waals surface area contributed by atoms with Gasteiger partial charge in [-0.1, -0.05) is 48.5 Å². The molecule has 3 nitrogen and oxygen atoms in total. The molecule has 0 bridgehead atoms. The Hall–Kier alpha value is -1.07. The lowest BCUT2D eigenvalue weighted by Crippen LogP contribution is -2.17. The molecule has 1 aromatic heterocycles. The van der Waals surface area contributed by atoms with Gasteiger partial charge in [-0.2, -0.15) is 0 Å². The van der Waals surface area contributed by atoms with Crippen molar-refractivity contribution in [2.45, 2.75) is 43.0 Å². The van der Waals surface area contributed by atoms with Crippen molar-refractivity contribution in [1.82, 2.24) is 9.97 Å². The van der Waals surface area contributed by atoms with E-state index < -0.39 is 0 Å². The van der Waals surface area contributed by atoms with Gasteiger partial charge in [-0.05, 0) is 31.2 Å². The van der Waals surface area contributed by atoms with E-state index in [1.807, 2.05) is 18.2 Å². The van der Waals surface area contributed by atoms with Crippen LogP contribution in [-0.4, -0.2) is 16.5 Å². The average Bonchev–Trinajstić information content (AvgIpc) is 2.41. The third kappa shape index (κ3) is 4.71. The summed E-state index contributed by atoms with van der Waals surface area (Å²) < 4.78 is 1.08. The second-order valence-corrected chi connectivity index (χ2v) is 7.76. The zero-order valence-electron chi connectivity index (χ0n) is 12.8. The molecule has 0 fully saturated rings. The Balaban J connectivity index is 2.33. The minimum absolute atomic E-state index is 0.0690. The summed E-state index contributed by atoms with van der Waals surface area (Å²) in [5, 5.41) is 4.25. The van der Waals surface area contributed by atoms with Crippen LogP contribution < -0.4 is 5.32 Å². The maximum absolute atomic E-state index is 4.70. The number of benzene rings is 1. The van der Waals surface area contributed by atoms with Crippen molar-refractivity contribution in [3.05, 3.63) is 40.6 Å². The molecule has 1 N–H and O–H groups in total. The smallest absolute Gasteiger partial charge is 0.137 e. The summed E-state index contributed by atoms with van der Waals surface area (Å²) in [4.78, 5) is 10.5. The van der Waals surface area contributed by atoms with Crippen LogP contribution in [0.2, 0.25) is 0 Å². The first kappa shape index (κ1) is 16.3. The number of halogens is 1. The first-order valence-corrected chi connectivity index (χ1v) is 8.56. The fraction of sp³-hybridized carbons (Fsp3) is 0.375. The normalized spacial score (nSPS) is 11.5. The standard InChI is InChI=1S/C16H20BrN3S/c1-5-18-13-10-14(20-15(19-13)16(2,3)4)21-12-8-6-11(17)7-9-12/h6-10H,5H2,1-4H3,(H,18,19,20). The second kappa shape index (κ2) is 6.79. The molecule has 5 heteroatoms. The number of nitrogens with zero attached hydrogens (tertiary/aromatic N) is 2. The van der Waals surface area contributed by atoms with Gasteiger partial charge >= 0.3 is 0 Å². The van der Waals surface area contributed by atoms with Gasteiger partial charge in [0.25, 0.3) is 0 Å². The van der Waals surface area contributed by atoms with Crippen LogP contribution in [0.25, 0.3) is 0 Å². The minimum Gasteiger partial charge on any atom is -0.370 e. The summed E-state index contributed by atoms with van der Waals surface area (Å²) >= 11 is 5.11. The van der Waals surface area contributed by atoms with Gasteiger partial charge in [0.2, 0.25) is 0 Å². The largest absolute Gasteiger partial charge is 0.370 e. The highest BCUT2D eigenvalue weighted by Crippen LogP contribution is 2.30. The number of nitrogens with one attached hydrogen (secondary N) is 1. The number of rotatable bonds is 4. The van der Waals surface area contributed by atoms with Crippen LogP contribution in [0.3, 0.4) is 0 Å². The molecule has 2 aromatic rings. The molecule has 0 unspecified atom stereocenters. The van der Waals surface area contributed by atoms with Crippen molar-refractivity contribution < 1.29 is 0 Å². The summed E-state index contributed by atoms with van der Waals surface area (Å²) in [6.07, 6.45) is 0. The molecule has 0 saturated heterocycles. The highest BCUT2D eigenvalue weighted by Gasteiger charge is 2.19. The Morgan fingerprint density at radius 2 is 1.81 bits per heavy atom. The summed E-state index contributed by atoms with van der Waals surface area (Å²) in [5.41, 5.74) is -0.0690. The average molecular weight is 366 g/mol. The molecular formula is C16H20BrN3S. The van der Waals surface area contributed by atoms with E-state index in [0.717, 1.165) is 27.7 Å². The molecule has 0 radical (unpaired) electrons. The Morgan fingerprint density at radius 1 is 1.14 bits per heavy atom. The van der Waals surface area contributed by atoms with Gasteiger partial charge in [0, 0.05) is 27.4 Å². The summed E-state index contributed by atoms with van der Waals surface area (Å²) in [6.45, 7) is 9.31. The molecule has 0 aliphatic heterocycles. The Kier molecular flexibility index (Phi) is 5.27. The highest BCUT2D eigenvalue weighted by molar-refractivity contribution is 9.10. The van der Waals surface area contributed by atoms with E-state index in [1.165, 1.54) is 4.90 Å². The van der Waals surface area contributed by atoms with Crippen molar-refractivity contribution >= 4 is 33.5 Å². The predicted molar refractivity (Wildman–Crippen MR) is 93.2 cm³/mol. The fourth-order valence-electron chi connectivity index (χ4n) is 1.71. The molecular weight excluding hydrogens is 346 g/mol. The Labute approximate surface area is 139 Å². The maximum atomic E-state index is 4.70. The number of anilines is 1. The Bertz CT molecular complexity index is 606. The molecule has 0 atom stereocenters. The molecule has 112 valence electrons. The van der Waals surface area contributed by atoms with E-state index in [9.17, 15) is 0 Å². The summed E-state index contributed by atoms with van der Waals surface area (Å²) in [6, 6.07) is 10.3. The third-order valence-electron chi connectivity index (χ3n) is 2.77. The third-order valence-corrected chi connectivity index (χ3v) is 4.22. The predicted octanol–water partition coefficient (Wildman–Crippen LogP) is 5.12. The first-order chi connectivity index (χ1) is 9.88. The summed E-state index contributed by atoms with van der Waals surface area (Å²) in [7, 11) is 0. The van der Waals surface area contributed by atoms with Gasteiger partial charge in [0.1, 0.15) is 16.7 Å². The van der Waals surface area contributed by atoms with Crippen LogP contribution in [0.1, 0.15) is 33.5 Å². The van der Waals surface area contributed by atoms with Crippen LogP contribution in [0.5, 0.6) is 0 Å². The van der Waals surface area contributed by atoms with Gasteiger partial charge in [-0.15, -0.1) is 0 Å². The van der Waals surface area contributed by atoms with Crippen LogP contribution >= 0.6 is 27.7 Å². The molecule has 0 aliphatic carbocycles. The number of hydrogen-bond acceptors (Lipinski definition) is 4. The van der Waals surface area contributed by atoms with E-state index in [-0.39, 0.29) is 5.41 Å². The van der Waals surface area contributed by atoms with E-state index in [0.29, 0.717) is 0 Å². The van der Waals surface area contributed by atoms with Crippen molar-refractivity contribution in [3.8, 4) is 0 Å². The zero-order valence-corrected chi connectivity index (χ0v) is 15.2. The minimum atomic E-state index is -0.0690. The lowest BCUT2D eigenvalue weighted by atomic mass is 9.96. The highest BCUT2D eigenvalue weighted by atomic mass is 79.9. The van der Waals surface area contributed by atoms with Gasteiger partial charge < -0.3 is 5.32 Å². The van der Waals surface area contributed by atoms with Crippen LogP contribution in [0.4, 0.5) is 5.82 Å². The molecule has 0 saturated carbocycles. The fourth-order valence-corrected chi connectivity index (χ4v) is 2.79. The molecule has 0 amide bonds. The molecule has 0 aliphatic rings. The van der Waals surface area contributed by atoms with Gasteiger partial charge in [0.05, 0.1) is 0 Å². The number of hydrogen-bond donors (Lipinski definition) is 1. The molecule has 21 heavy (non-hydrogen) atoms. The van der Waals surface area contributed by atoms with Crippen molar-refractivity contribution in [2.24, 2.45) is 0 Å². The Morgan fingerprint density at radius 3 is 2.38 bits per heavy atom. The van der Waals surface area contributed by atoms with E-state index in [1.54, 1.807) is 11.8 Å². The van der Waals surface area contributed by atoms with Crippen molar-refractivity contribution in [3.63, 3.8) is 0 Å². The second-order valence-electron chi connectivity index (χ2n) is 5.75. The molecule has 2 rings (SSSR count).